The highest BCUT2D eigenvalue weighted by atomic mass is 16.5. The molecule has 0 aliphatic carbocycles. The van der Waals surface area contributed by atoms with Crippen molar-refractivity contribution in [1.29, 1.82) is 0 Å². The Kier molecular flexibility index (Phi) is 5.46. The molecule has 0 heterocycles. The average Bonchev–Trinajstić information content (AvgIpc) is 2.02. The van der Waals surface area contributed by atoms with Gasteiger partial charge in [0.2, 0.25) is 0 Å². The quantitative estimate of drug-likeness (QED) is 0.685. The van der Waals surface area contributed by atoms with Crippen LogP contribution in [0.2, 0.25) is 0 Å². The molecule has 0 saturated heterocycles. The van der Waals surface area contributed by atoms with E-state index in [1.165, 1.54) is 0 Å². The lowest BCUT2D eigenvalue weighted by Gasteiger charge is -2.22. The van der Waals surface area contributed by atoms with Gasteiger partial charge in [-0.25, -0.2) is 4.79 Å². The lowest BCUT2D eigenvalue weighted by molar-refractivity contribution is 0.0477. The van der Waals surface area contributed by atoms with E-state index in [2.05, 4.69) is 10.1 Å². The largest absolute Gasteiger partial charge is 0.450 e. The van der Waals surface area contributed by atoms with Crippen molar-refractivity contribution in [3.8, 4) is 0 Å². The van der Waals surface area contributed by atoms with Crippen LogP contribution in [-0.4, -0.2) is 30.0 Å². The number of aliphatic hydroxyl groups is 1. The molecule has 4 heteroatoms. The van der Waals surface area contributed by atoms with Crippen molar-refractivity contribution in [1.82, 2.24) is 5.32 Å². The van der Waals surface area contributed by atoms with Crippen LogP contribution in [0, 0.1) is 0 Å². The minimum absolute atomic E-state index is 0.236. The van der Waals surface area contributed by atoms with E-state index in [1.54, 1.807) is 13.8 Å². The highest BCUT2D eigenvalue weighted by Crippen LogP contribution is 2.09. The molecule has 0 spiro atoms. The average molecular weight is 189 g/mol. The topological polar surface area (TPSA) is 58.6 Å². The molecule has 0 rings (SSSR count). The van der Waals surface area contributed by atoms with Gasteiger partial charge in [-0.3, -0.25) is 0 Å². The summed E-state index contributed by atoms with van der Waals surface area (Å²) in [6, 6.07) is 0. The number of hydrogen-bond acceptors (Lipinski definition) is 3. The van der Waals surface area contributed by atoms with Crippen molar-refractivity contribution in [3.05, 3.63) is 0 Å². The molecular formula is C9H19NO3. The van der Waals surface area contributed by atoms with Crippen LogP contribution in [0.1, 0.15) is 33.6 Å². The maximum atomic E-state index is 10.8. The van der Waals surface area contributed by atoms with E-state index in [0.717, 1.165) is 6.42 Å². The van der Waals surface area contributed by atoms with Crippen LogP contribution >= 0.6 is 0 Å². The summed E-state index contributed by atoms with van der Waals surface area (Å²) in [4.78, 5) is 10.8. The molecule has 0 aromatic heterocycles. The summed E-state index contributed by atoms with van der Waals surface area (Å²) in [7, 11) is 0. The van der Waals surface area contributed by atoms with Crippen LogP contribution in [0.15, 0.2) is 0 Å². The second-order valence-electron chi connectivity index (χ2n) is 3.32. The third kappa shape index (κ3) is 6.40. The molecule has 0 aromatic rings. The third-order valence-electron chi connectivity index (χ3n) is 1.68. The number of carbonyl (C=O) groups is 1. The van der Waals surface area contributed by atoms with Crippen LogP contribution in [0.4, 0.5) is 4.79 Å². The molecule has 2 N–H and O–H groups in total. The molecule has 4 nitrogen and oxygen atoms in total. The zero-order valence-corrected chi connectivity index (χ0v) is 8.59. The van der Waals surface area contributed by atoms with Crippen molar-refractivity contribution in [2.24, 2.45) is 0 Å². The molecule has 1 unspecified atom stereocenters. The molecule has 0 fully saturated rings. The Balaban J connectivity index is 3.67. The summed E-state index contributed by atoms with van der Waals surface area (Å²) in [5, 5.41) is 12.2. The fourth-order valence-corrected chi connectivity index (χ4v) is 1.07. The fourth-order valence-electron chi connectivity index (χ4n) is 1.07. The molecule has 0 aliphatic heterocycles. The van der Waals surface area contributed by atoms with Crippen LogP contribution in [-0.2, 0) is 4.74 Å². The molecule has 0 radical (unpaired) electrons. The van der Waals surface area contributed by atoms with E-state index in [4.69, 9.17) is 0 Å². The molecule has 0 aliphatic rings. The van der Waals surface area contributed by atoms with Gasteiger partial charge >= 0.3 is 6.09 Å². The Labute approximate surface area is 79.3 Å². The van der Waals surface area contributed by atoms with Crippen LogP contribution < -0.4 is 5.32 Å². The number of rotatable bonds is 5. The van der Waals surface area contributed by atoms with Gasteiger partial charge in [-0.15, -0.1) is 0 Å². The Morgan fingerprint density at radius 2 is 2.15 bits per heavy atom. The Hall–Kier alpha value is -0.770. The SMILES string of the molecule is CCCC(C)(O)CNC(=O)OCC. The lowest BCUT2D eigenvalue weighted by atomic mass is 10.0. The first-order valence-electron chi connectivity index (χ1n) is 4.65. The number of hydrogen-bond donors (Lipinski definition) is 2. The van der Waals surface area contributed by atoms with Gasteiger partial charge in [0.15, 0.2) is 0 Å². The Morgan fingerprint density at radius 3 is 2.62 bits per heavy atom. The maximum Gasteiger partial charge on any atom is 0.407 e. The van der Waals surface area contributed by atoms with Gasteiger partial charge in [0.05, 0.1) is 12.2 Å². The van der Waals surface area contributed by atoms with E-state index in [-0.39, 0.29) is 6.54 Å². The second kappa shape index (κ2) is 5.80. The van der Waals surface area contributed by atoms with Gasteiger partial charge in [0, 0.05) is 6.54 Å². The molecule has 0 aromatic carbocycles. The Morgan fingerprint density at radius 1 is 1.54 bits per heavy atom. The summed E-state index contributed by atoms with van der Waals surface area (Å²) in [5.74, 6) is 0. The molecule has 0 saturated carbocycles. The van der Waals surface area contributed by atoms with E-state index < -0.39 is 11.7 Å². The molecular weight excluding hydrogens is 170 g/mol. The summed E-state index contributed by atoms with van der Waals surface area (Å²) in [5.41, 5.74) is -0.832. The number of amides is 1. The number of ether oxygens (including phenoxy) is 1. The third-order valence-corrected chi connectivity index (χ3v) is 1.68. The summed E-state index contributed by atoms with van der Waals surface area (Å²) < 4.78 is 4.65. The highest BCUT2D eigenvalue weighted by Gasteiger charge is 2.19. The number of nitrogens with one attached hydrogen (secondary N) is 1. The van der Waals surface area contributed by atoms with E-state index in [9.17, 15) is 9.90 Å². The predicted molar refractivity (Wildman–Crippen MR) is 50.6 cm³/mol. The molecule has 78 valence electrons. The van der Waals surface area contributed by atoms with E-state index >= 15 is 0 Å². The monoisotopic (exact) mass is 189 g/mol. The molecule has 1 amide bonds. The van der Waals surface area contributed by atoms with Crippen molar-refractivity contribution in [2.75, 3.05) is 13.2 Å². The van der Waals surface area contributed by atoms with Crippen molar-refractivity contribution in [3.63, 3.8) is 0 Å². The molecule has 13 heavy (non-hydrogen) atoms. The summed E-state index contributed by atoms with van der Waals surface area (Å²) in [6.07, 6.45) is 1.08. The van der Waals surface area contributed by atoms with Gasteiger partial charge in [-0.1, -0.05) is 13.3 Å². The van der Waals surface area contributed by atoms with E-state index in [0.29, 0.717) is 13.0 Å². The van der Waals surface area contributed by atoms with Crippen molar-refractivity contribution >= 4 is 6.09 Å². The van der Waals surface area contributed by atoms with Gasteiger partial charge in [0.25, 0.3) is 0 Å². The zero-order valence-electron chi connectivity index (χ0n) is 8.59. The Bertz CT molecular complexity index is 157. The minimum atomic E-state index is -0.832. The van der Waals surface area contributed by atoms with Crippen LogP contribution in [0.25, 0.3) is 0 Å². The van der Waals surface area contributed by atoms with Gasteiger partial charge in [0.1, 0.15) is 0 Å². The normalized spacial score (nSPS) is 14.8. The number of alkyl carbamates (subject to hydrolysis) is 1. The molecule has 0 bridgehead atoms. The molecule has 1 atom stereocenters. The summed E-state index contributed by atoms with van der Waals surface area (Å²) in [6.45, 7) is 6.01. The predicted octanol–water partition coefficient (Wildman–Crippen LogP) is 1.28. The van der Waals surface area contributed by atoms with Gasteiger partial charge < -0.3 is 15.2 Å². The first-order valence-corrected chi connectivity index (χ1v) is 4.65. The fraction of sp³-hybridized carbons (Fsp3) is 0.889. The standard InChI is InChI=1S/C9H19NO3/c1-4-6-9(3,12)7-10-8(11)13-5-2/h12H,4-7H2,1-3H3,(H,10,11). The highest BCUT2D eigenvalue weighted by molar-refractivity contribution is 5.67. The van der Waals surface area contributed by atoms with Gasteiger partial charge in [-0.2, -0.15) is 0 Å². The van der Waals surface area contributed by atoms with E-state index in [1.807, 2.05) is 6.92 Å². The van der Waals surface area contributed by atoms with Crippen molar-refractivity contribution in [2.45, 2.75) is 39.2 Å². The smallest absolute Gasteiger partial charge is 0.407 e. The second-order valence-corrected chi connectivity index (χ2v) is 3.32. The van der Waals surface area contributed by atoms with Gasteiger partial charge in [-0.05, 0) is 20.3 Å². The number of carbonyl (C=O) groups excluding carboxylic acids is 1. The summed E-state index contributed by atoms with van der Waals surface area (Å²) >= 11 is 0. The van der Waals surface area contributed by atoms with Crippen LogP contribution in [0.3, 0.4) is 0 Å². The zero-order chi connectivity index (χ0) is 10.3. The van der Waals surface area contributed by atoms with Crippen LogP contribution in [0.5, 0.6) is 0 Å². The first kappa shape index (κ1) is 12.2. The first-order chi connectivity index (χ1) is 6.02. The minimum Gasteiger partial charge on any atom is -0.450 e. The maximum absolute atomic E-state index is 10.8. The van der Waals surface area contributed by atoms with Crippen molar-refractivity contribution < 1.29 is 14.6 Å². The lowest BCUT2D eigenvalue weighted by Crippen LogP contribution is -2.40.